The molecule has 3 atom stereocenters. The number of ether oxygens (including phenoxy) is 1. The van der Waals surface area contributed by atoms with Gasteiger partial charge in [0.2, 0.25) is 24.1 Å². The van der Waals surface area contributed by atoms with Crippen molar-refractivity contribution in [3.63, 3.8) is 0 Å². The number of aliphatic carboxylic acids is 2. The third kappa shape index (κ3) is 4.01. The molecule has 0 saturated carbocycles. The van der Waals surface area contributed by atoms with E-state index in [9.17, 15) is 24.3 Å². The molecule has 0 spiro atoms. The van der Waals surface area contributed by atoms with Gasteiger partial charge in [-0.25, -0.2) is 9.59 Å². The Morgan fingerprint density at radius 3 is 2.73 bits per heavy atom. The number of oxime groups is 1. The number of hydrogen-bond donors (Lipinski definition) is 4. The van der Waals surface area contributed by atoms with Crippen LogP contribution in [0.4, 0.5) is 5.13 Å². The molecule has 5 N–H and O–H groups in total. The molecule has 2 fully saturated rings. The summed E-state index contributed by atoms with van der Waals surface area (Å²) in [5.41, 5.74) is 3.53. The topological polar surface area (TPSA) is 207 Å². The Labute approximate surface area is 176 Å². The molecule has 0 aromatic carbocycles. The van der Waals surface area contributed by atoms with E-state index in [4.69, 9.17) is 15.6 Å². The highest BCUT2D eigenvalue weighted by Crippen LogP contribution is 2.39. The minimum Gasteiger partial charge on any atom is -0.479 e. The van der Waals surface area contributed by atoms with E-state index in [1.807, 2.05) is 0 Å². The molecule has 2 unspecified atom stereocenters. The molecule has 2 aliphatic rings. The third-order valence-corrected chi connectivity index (χ3v) is 6.38. The number of amides is 2. The summed E-state index contributed by atoms with van der Waals surface area (Å²) >= 11 is 1.93. The normalized spacial score (nSPS) is 25.8. The lowest BCUT2D eigenvalue weighted by molar-refractivity contribution is -0.170. The van der Waals surface area contributed by atoms with Crippen LogP contribution < -0.4 is 11.1 Å². The summed E-state index contributed by atoms with van der Waals surface area (Å²) < 4.78 is 8.95. The monoisotopic (exact) mass is 460 g/mol. The number of carbonyl (C=O) groups excluding carboxylic acids is 2. The van der Waals surface area contributed by atoms with Crippen LogP contribution in [0.25, 0.3) is 0 Å². The number of nitrogen functional groups attached to an aromatic ring is 1. The number of methoxy groups -OCH3 is 1. The highest BCUT2D eigenvalue weighted by atomic mass is 32.2. The number of nitrogens with one attached hydrogen (secondary N) is 1. The van der Waals surface area contributed by atoms with Crippen molar-refractivity contribution >= 4 is 57.9 Å². The number of nitrogens with zero attached hydrogens (tertiary/aromatic N) is 4. The Morgan fingerprint density at radius 1 is 1.43 bits per heavy atom. The van der Waals surface area contributed by atoms with Crippen LogP contribution >= 0.6 is 23.3 Å². The molecule has 162 valence electrons. The van der Waals surface area contributed by atoms with E-state index in [-0.39, 0.29) is 23.3 Å². The zero-order valence-electron chi connectivity index (χ0n) is 15.3. The molecular formula is C14H16N6O8S2. The van der Waals surface area contributed by atoms with Crippen LogP contribution in [-0.2, 0) is 28.8 Å². The number of rotatable bonds is 8. The molecule has 2 saturated heterocycles. The zero-order chi connectivity index (χ0) is 22.1. The minimum absolute atomic E-state index is 0.0436. The Bertz CT molecular complexity index is 922. The van der Waals surface area contributed by atoms with Gasteiger partial charge in [0.1, 0.15) is 11.4 Å². The molecular weight excluding hydrogens is 444 g/mol. The summed E-state index contributed by atoms with van der Waals surface area (Å²) in [6.45, 7) is -0.964. The van der Waals surface area contributed by atoms with Gasteiger partial charge in [-0.1, -0.05) is 5.16 Å². The number of hydrogen-bond acceptors (Lipinski definition) is 12. The first-order valence-corrected chi connectivity index (χ1v) is 10.0. The highest BCUT2D eigenvalue weighted by Gasteiger charge is 2.58. The molecule has 2 amide bonds. The van der Waals surface area contributed by atoms with Gasteiger partial charge in [-0.05, 0) is 0 Å². The summed E-state index contributed by atoms with van der Waals surface area (Å²) in [7, 11) is 1.25. The fourth-order valence-corrected chi connectivity index (χ4v) is 4.71. The predicted octanol–water partition coefficient (Wildman–Crippen LogP) is -2.20. The number of aromatic nitrogens is 2. The van der Waals surface area contributed by atoms with E-state index in [1.165, 1.54) is 12.0 Å². The lowest BCUT2D eigenvalue weighted by Gasteiger charge is -2.53. The Hall–Kier alpha value is -2.98. The van der Waals surface area contributed by atoms with E-state index in [2.05, 4.69) is 24.7 Å². The van der Waals surface area contributed by atoms with Crippen molar-refractivity contribution in [2.24, 2.45) is 5.16 Å². The number of β-lactam (4-membered cyclic amide) rings is 1. The molecule has 3 heterocycles. The molecule has 0 aliphatic carbocycles. The van der Waals surface area contributed by atoms with Crippen molar-refractivity contribution in [3.8, 4) is 0 Å². The smallest absolute Gasteiger partial charge is 0.344 e. The Balaban J connectivity index is 1.72. The summed E-state index contributed by atoms with van der Waals surface area (Å²) in [4.78, 5) is 57.0. The quantitative estimate of drug-likeness (QED) is 0.185. The first kappa shape index (κ1) is 21.7. The van der Waals surface area contributed by atoms with Crippen LogP contribution in [0, 0.1) is 0 Å². The number of carboxylic acid groups (broad SMARTS) is 2. The SMILES string of the molecule is COC1(C(=O)O)CS[C@@H]2C(NC(=O)C(=NOCC(=O)O)c3nsc(N)n3)C(=O)N2C1. The lowest BCUT2D eigenvalue weighted by Crippen LogP contribution is -2.75. The van der Waals surface area contributed by atoms with Crippen molar-refractivity contribution in [1.82, 2.24) is 19.6 Å². The zero-order valence-corrected chi connectivity index (χ0v) is 16.9. The van der Waals surface area contributed by atoms with Crippen LogP contribution in [0.1, 0.15) is 5.82 Å². The fourth-order valence-electron chi connectivity index (χ4n) is 2.77. The maximum atomic E-state index is 12.7. The fraction of sp³-hybridized carbons (Fsp3) is 0.500. The van der Waals surface area contributed by atoms with Crippen molar-refractivity contribution in [2.75, 3.05) is 31.7 Å². The second kappa shape index (κ2) is 8.41. The van der Waals surface area contributed by atoms with Gasteiger partial charge in [-0.2, -0.15) is 9.36 Å². The number of carboxylic acids is 2. The number of anilines is 1. The van der Waals surface area contributed by atoms with Crippen LogP contribution in [0.2, 0.25) is 0 Å². The standard InChI is InChI=1S/C14H16N6O8S2/c1-27-14(12(25)26)3-20-10(24)7(11(20)29-4-14)16-9(23)6(18-28-2-5(21)22)8-17-13(15)30-19-8/h7,11H,2-4H2,1H3,(H,16,23)(H,21,22)(H,25,26)(H2,15,17,19)/t7?,11-,14?/m1/s1. The second-order valence-corrected chi connectivity index (χ2v) is 8.07. The third-order valence-electron chi connectivity index (χ3n) is 4.33. The molecule has 16 heteroatoms. The van der Waals surface area contributed by atoms with E-state index in [0.29, 0.717) is 0 Å². The molecule has 30 heavy (non-hydrogen) atoms. The molecule has 14 nitrogen and oxygen atoms in total. The van der Waals surface area contributed by atoms with Gasteiger partial charge in [0, 0.05) is 24.4 Å². The van der Waals surface area contributed by atoms with Crippen molar-refractivity contribution < 1.29 is 39.0 Å². The maximum absolute atomic E-state index is 12.7. The van der Waals surface area contributed by atoms with Crippen LogP contribution in [-0.4, -0.2) is 97.0 Å². The van der Waals surface area contributed by atoms with E-state index >= 15 is 0 Å². The van der Waals surface area contributed by atoms with Gasteiger partial charge < -0.3 is 35.7 Å². The van der Waals surface area contributed by atoms with E-state index in [1.54, 1.807) is 0 Å². The molecule has 0 radical (unpaired) electrons. The number of thioether (sulfide) groups is 1. The lowest BCUT2D eigenvalue weighted by atomic mass is 9.99. The van der Waals surface area contributed by atoms with Crippen molar-refractivity contribution in [1.29, 1.82) is 0 Å². The molecule has 2 aliphatic heterocycles. The maximum Gasteiger partial charge on any atom is 0.344 e. The van der Waals surface area contributed by atoms with Crippen LogP contribution in [0.15, 0.2) is 5.16 Å². The average Bonchev–Trinajstić information content (AvgIpc) is 3.14. The summed E-state index contributed by atoms with van der Waals surface area (Å²) in [6.07, 6.45) is 0. The molecule has 0 bridgehead atoms. The highest BCUT2D eigenvalue weighted by molar-refractivity contribution is 8.00. The summed E-state index contributed by atoms with van der Waals surface area (Å²) in [5.74, 6) is -3.99. The summed E-state index contributed by atoms with van der Waals surface area (Å²) in [6, 6.07) is -0.952. The number of fused-ring (bicyclic) bond motifs is 1. The average molecular weight is 460 g/mol. The number of nitrogens with two attached hydrogens (primary N) is 1. The van der Waals surface area contributed by atoms with Gasteiger partial charge >= 0.3 is 11.9 Å². The Kier molecular flexibility index (Phi) is 6.09. The van der Waals surface area contributed by atoms with Gasteiger partial charge in [0.05, 0.1) is 6.54 Å². The Morgan fingerprint density at radius 2 is 2.17 bits per heavy atom. The predicted molar refractivity (Wildman–Crippen MR) is 102 cm³/mol. The van der Waals surface area contributed by atoms with Gasteiger partial charge in [-0.3, -0.25) is 9.59 Å². The van der Waals surface area contributed by atoms with E-state index < -0.39 is 53.1 Å². The molecule has 1 aromatic rings. The summed E-state index contributed by atoms with van der Waals surface area (Å²) in [5, 5.41) is 23.5. The number of carbonyl (C=O) groups is 4. The van der Waals surface area contributed by atoms with Crippen molar-refractivity contribution in [3.05, 3.63) is 5.82 Å². The van der Waals surface area contributed by atoms with Gasteiger partial charge in [0.25, 0.3) is 5.91 Å². The van der Waals surface area contributed by atoms with E-state index in [0.717, 1.165) is 23.3 Å². The second-order valence-electron chi connectivity index (χ2n) is 6.19. The molecule has 1 aromatic heterocycles. The largest absolute Gasteiger partial charge is 0.479 e. The van der Waals surface area contributed by atoms with Gasteiger partial charge in [-0.15, -0.1) is 11.8 Å². The molecule has 3 rings (SSSR count). The first-order valence-electron chi connectivity index (χ1n) is 8.21. The van der Waals surface area contributed by atoms with Crippen LogP contribution in [0.3, 0.4) is 0 Å². The van der Waals surface area contributed by atoms with Gasteiger partial charge in [0.15, 0.2) is 10.7 Å². The van der Waals surface area contributed by atoms with Crippen LogP contribution in [0.5, 0.6) is 0 Å². The van der Waals surface area contributed by atoms with Crippen molar-refractivity contribution in [2.45, 2.75) is 17.0 Å². The first-order chi connectivity index (χ1) is 14.2. The minimum atomic E-state index is -1.52.